The molecule has 1 aromatic carbocycles. The summed E-state index contributed by atoms with van der Waals surface area (Å²) in [6.45, 7) is 3.90. The summed E-state index contributed by atoms with van der Waals surface area (Å²) in [6.07, 6.45) is 5.98. The quantitative estimate of drug-likeness (QED) is 0.419. The third-order valence-corrected chi connectivity index (χ3v) is 7.66. The summed E-state index contributed by atoms with van der Waals surface area (Å²) in [4.78, 5) is 12.0. The number of ether oxygens (including phenoxy) is 1. The van der Waals surface area contributed by atoms with Gasteiger partial charge in [-0.15, -0.1) is 0 Å². The molecule has 2 aromatic heterocycles. The van der Waals surface area contributed by atoms with Crippen LogP contribution in [0.5, 0.6) is 0 Å². The van der Waals surface area contributed by atoms with Crippen molar-refractivity contribution in [3.8, 4) is 11.3 Å². The number of hydrogen-bond acceptors (Lipinski definition) is 8. The van der Waals surface area contributed by atoms with Crippen LogP contribution in [-0.2, 0) is 16.2 Å². The van der Waals surface area contributed by atoms with Crippen LogP contribution in [0.15, 0.2) is 46.2 Å². The van der Waals surface area contributed by atoms with Gasteiger partial charge in [0.15, 0.2) is 12.6 Å². The molecule has 0 unspecified atom stereocenters. The predicted octanol–water partition coefficient (Wildman–Crippen LogP) is 5.73. The Morgan fingerprint density at radius 1 is 1.14 bits per heavy atom. The molecule has 1 saturated carbocycles. The lowest BCUT2D eigenvalue weighted by molar-refractivity contribution is 0.0174. The van der Waals surface area contributed by atoms with Gasteiger partial charge in [-0.1, -0.05) is 39.6 Å². The Bertz CT molecular complexity index is 1250. The van der Waals surface area contributed by atoms with Gasteiger partial charge in [-0.3, -0.25) is 0 Å². The molecule has 1 saturated heterocycles. The first-order valence-electron chi connectivity index (χ1n) is 12.3. The van der Waals surface area contributed by atoms with E-state index in [1.54, 1.807) is 0 Å². The van der Waals surface area contributed by atoms with E-state index in [1.807, 2.05) is 36.5 Å². The van der Waals surface area contributed by atoms with E-state index in [0.717, 1.165) is 54.9 Å². The highest BCUT2D eigenvalue weighted by atomic mass is 35.5. The van der Waals surface area contributed by atoms with Gasteiger partial charge in [0.25, 0.3) is 0 Å². The van der Waals surface area contributed by atoms with Crippen molar-refractivity contribution >= 4 is 34.9 Å². The SMILES string of the molecule is C[C@@H]1C[C@H](OCc2c(-c3c(Cl)cccc3Cl)noc2C2CC2)CCN1c1ccc(C2=NOCN2)cn1. The molecule has 3 aromatic rings. The highest BCUT2D eigenvalue weighted by Crippen LogP contribution is 2.46. The average Bonchev–Trinajstić information content (AvgIpc) is 3.40. The second-order valence-corrected chi connectivity index (χ2v) is 10.4. The summed E-state index contributed by atoms with van der Waals surface area (Å²) in [5.74, 6) is 2.97. The van der Waals surface area contributed by atoms with Crippen LogP contribution in [0.4, 0.5) is 5.82 Å². The van der Waals surface area contributed by atoms with Gasteiger partial charge >= 0.3 is 0 Å². The van der Waals surface area contributed by atoms with Crippen molar-refractivity contribution in [2.45, 2.75) is 57.3 Å². The number of oxime groups is 1. The first kappa shape index (κ1) is 23.6. The summed E-state index contributed by atoms with van der Waals surface area (Å²) >= 11 is 13.0. The maximum Gasteiger partial charge on any atom is 0.188 e. The maximum atomic E-state index is 6.49. The Morgan fingerprint density at radius 3 is 2.64 bits per heavy atom. The van der Waals surface area contributed by atoms with E-state index < -0.39 is 0 Å². The third-order valence-electron chi connectivity index (χ3n) is 7.03. The number of nitrogens with zero attached hydrogens (tertiary/aromatic N) is 4. The first-order valence-corrected chi connectivity index (χ1v) is 13.1. The molecule has 0 spiro atoms. The molecule has 2 aliphatic heterocycles. The van der Waals surface area contributed by atoms with Gasteiger partial charge in [0.1, 0.15) is 17.3 Å². The van der Waals surface area contributed by atoms with Gasteiger partial charge in [-0.2, -0.15) is 0 Å². The Hall–Kier alpha value is -2.81. The van der Waals surface area contributed by atoms with Crippen molar-refractivity contribution in [2.24, 2.45) is 5.16 Å². The van der Waals surface area contributed by atoms with Crippen LogP contribution in [0.3, 0.4) is 0 Å². The summed E-state index contributed by atoms with van der Waals surface area (Å²) in [7, 11) is 0. The molecule has 0 bridgehead atoms. The van der Waals surface area contributed by atoms with Crippen LogP contribution in [0.25, 0.3) is 11.3 Å². The maximum absolute atomic E-state index is 6.49. The van der Waals surface area contributed by atoms with Gasteiger partial charge in [0.05, 0.1) is 22.8 Å². The Labute approximate surface area is 219 Å². The molecule has 1 aliphatic carbocycles. The molecule has 8 nitrogen and oxygen atoms in total. The molecule has 188 valence electrons. The summed E-state index contributed by atoms with van der Waals surface area (Å²) in [6, 6.07) is 9.82. The number of hydrogen-bond donors (Lipinski definition) is 1. The zero-order chi connectivity index (χ0) is 24.6. The fourth-order valence-corrected chi connectivity index (χ4v) is 5.53. The minimum absolute atomic E-state index is 0.126. The number of benzene rings is 1. The van der Waals surface area contributed by atoms with Gasteiger partial charge in [0.2, 0.25) is 0 Å². The largest absolute Gasteiger partial charge is 0.373 e. The number of nitrogens with one attached hydrogen (secondary N) is 1. The Balaban J connectivity index is 1.13. The molecule has 10 heteroatoms. The molecule has 0 radical (unpaired) electrons. The highest BCUT2D eigenvalue weighted by Gasteiger charge is 2.34. The van der Waals surface area contributed by atoms with Gasteiger partial charge in [-0.25, -0.2) is 4.98 Å². The zero-order valence-corrected chi connectivity index (χ0v) is 21.4. The van der Waals surface area contributed by atoms with E-state index in [1.165, 1.54) is 0 Å². The Morgan fingerprint density at radius 2 is 1.97 bits per heavy atom. The van der Waals surface area contributed by atoms with Crippen LogP contribution in [0.1, 0.15) is 55.4 Å². The molecule has 2 fully saturated rings. The van der Waals surface area contributed by atoms with Crippen LogP contribution >= 0.6 is 23.2 Å². The lowest BCUT2D eigenvalue weighted by Gasteiger charge is -2.38. The van der Waals surface area contributed by atoms with Crippen LogP contribution in [-0.4, -0.2) is 41.4 Å². The zero-order valence-electron chi connectivity index (χ0n) is 19.9. The van der Waals surface area contributed by atoms with E-state index in [9.17, 15) is 0 Å². The van der Waals surface area contributed by atoms with Crippen LogP contribution in [0.2, 0.25) is 10.0 Å². The average molecular weight is 528 g/mol. The second-order valence-electron chi connectivity index (χ2n) is 9.54. The number of anilines is 1. The van der Waals surface area contributed by atoms with E-state index in [2.05, 4.69) is 32.4 Å². The number of piperidine rings is 1. The van der Waals surface area contributed by atoms with E-state index in [4.69, 9.17) is 37.3 Å². The highest BCUT2D eigenvalue weighted by molar-refractivity contribution is 6.39. The van der Waals surface area contributed by atoms with Crippen molar-refractivity contribution in [1.82, 2.24) is 15.5 Å². The third kappa shape index (κ3) is 4.65. The number of pyridine rings is 1. The monoisotopic (exact) mass is 527 g/mol. The lowest BCUT2D eigenvalue weighted by Crippen LogP contribution is -2.44. The van der Waals surface area contributed by atoms with Gasteiger partial charge in [0, 0.05) is 41.4 Å². The molecular formula is C26H27Cl2N5O3. The standard InChI is InChI=1S/C26H27Cl2N5O3/c1-15-11-18(9-10-33(15)22-8-7-17(12-29-22)26-30-14-35-32-26)34-13-19-24(31-36-25(19)16-5-6-16)23-20(27)3-2-4-21(23)28/h2-4,7-8,12,15-16,18H,5-6,9-11,13-14H2,1H3,(H,30,32)/t15-,18-/m1/s1. The molecule has 36 heavy (non-hydrogen) atoms. The van der Waals surface area contributed by atoms with Crippen molar-refractivity contribution in [2.75, 3.05) is 18.2 Å². The number of halogens is 2. The minimum atomic E-state index is 0.126. The Kier molecular flexibility index (Phi) is 6.50. The summed E-state index contributed by atoms with van der Waals surface area (Å²) in [5.41, 5.74) is 3.27. The topological polar surface area (TPSA) is 85.0 Å². The smallest absolute Gasteiger partial charge is 0.188 e. The van der Waals surface area contributed by atoms with Crippen molar-refractivity contribution in [1.29, 1.82) is 0 Å². The number of rotatable bonds is 7. The van der Waals surface area contributed by atoms with E-state index >= 15 is 0 Å². The van der Waals surface area contributed by atoms with Crippen molar-refractivity contribution in [3.05, 3.63) is 63.5 Å². The predicted molar refractivity (Wildman–Crippen MR) is 138 cm³/mol. The fourth-order valence-electron chi connectivity index (χ4n) is 4.95. The van der Waals surface area contributed by atoms with Crippen molar-refractivity contribution in [3.63, 3.8) is 0 Å². The van der Waals surface area contributed by atoms with Crippen molar-refractivity contribution < 1.29 is 14.1 Å². The molecule has 6 rings (SSSR count). The number of amidine groups is 1. The van der Waals surface area contributed by atoms with Crippen LogP contribution < -0.4 is 10.2 Å². The van der Waals surface area contributed by atoms with E-state index in [-0.39, 0.29) is 12.1 Å². The molecule has 0 amide bonds. The molecule has 1 N–H and O–H groups in total. The second kappa shape index (κ2) is 9.92. The normalized spacial score (nSPS) is 21.8. The van der Waals surface area contributed by atoms with Gasteiger partial charge < -0.3 is 24.3 Å². The van der Waals surface area contributed by atoms with E-state index in [0.29, 0.717) is 46.4 Å². The van der Waals surface area contributed by atoms with Gasteiger partial charge in [-0.05, 0) is 56.9 Å². The lowest BCUT2D eigenvalue weighted by atomic mass is 10.00. The summed E-state index contributed by atoms with van der Waals surface area (Å²) in [5, 5.41) is 12.6. The molecule has 3 aliphatic rings. The molecule has 2 atom stereocenters. The molecular weight excluding hydrogens is 501 g/mol. The minimum Gasteiger partial charge on any atom is -0.373 e. The number of aromatic nitrogens is 2. The van der Waals surface area contributed by atoms with Crippen LogP contribution in [0, 0.1) is 0 Å². The first-order chi connectivity index (χ1) is 17.6. The molecule has 4 heterocycles. The summed E-state index contributed by atoms with van der Waals surface area (Å²) < 4.78 is 12.2. The fraction of sp³-hybridized carbons (Fsp3) is 0.423.